The Morgan fingerprint density at radius 2 is 1.80 bits per heavy atom. The molecule has 1 atom stereocenters. The van der Waals surface area contributed by atoms with Crippen molar-refractivity contribution < 1.29 is 14.7 Å². The molecule has 1 saturated heterocycles. The fraction of sp³-hybridized carbons (Fsp3) is 0.579. The van der Waals surface area contributed by atoms with E-state index in [-0.39, 0.29) is 18.4 Å². The van der Waals surface area contributed by atoms with Gasteiger partial charge in [-0.15, -0.1) is 0 Å². The fourth-order valence-electron chi connectivity index (χ4n) is 3.08. The van der Waals surface area contributed by atoms with Crippen LogP contribution in [0.5, 0.6) is 0 Å². The van der Waals surface area contributed by atoms with Crippen molar-refractivity contribution in [2.75, 3.05) is 33.2 Å². The third-order valence-corrected chi connectivity index (χ3v) is 4.61. The number of carbonyl (C=O) groups excluding carboxylic acids is 1. The van der Waals surface area contributed by atoms with Crippen molar-refractivity contribution in [2.24, 2.45) is 0 Å². The number of amides is 1. The molecule has 6 nitrogen and oxygen atoms in total. The van der Waals surface area contributed by atoms with Gasteiger partial charge in [0.2, 0.25) is 0 Å². The minimum absolute atomic E-state index is 0.0406. The highest BCUT2D eigenvalue weighted by Gasteiger charge is 2.17. The first-order valence-electron chi connectivity index (χ1n) is 9.00. The van der Waals surface area contributed by atoms with Crippen molar-refractivity contribution in [3.05, 3.63) is 35.4 Å². The van der Waals surface area contributed by atoms with Crippen LogP contribution in [0.2, 0.25) is 0 Å². The molecule has 2 N–H and O–H groups in total. The van der Waals surface area contributed by atoms with Gasteiger partial charge in [0.1, 0.15) is 0 Å². The molecule has 0 spiro atoms. The van der Waals surface area contributed by atoms with E-state index in [1.165, 1.54) is 5.56 Å². The Labute approximate surface area is 149 Å². The van der Waals surface area contributed by atoms with Crippen LogP contribution in [0.4, 0.5) is 0 Å². The quantitative estimate of drug-likeness (QED) is 0.750. The minimum atomic E-state index is -0.888. The number of carboxylic acid groups (broad SMARTS) is 1. The van der Waals surface area contributed by atoms with Gasteiger partial charge in [-0.3, -0.25) is 14.5 Å². The molecule has 1 aromatic rings. The molecule has 138 valence electrons. The van der Waals surface area contributed by atoms with Crippen molar-refractivity contribution in [2.45, 2.75) is 38.8 Å². The molecule has 0 aromatic heterocycles. The first kappa shape index (κ1) is 19.4. The lowest BCUT2D eigenvalue weighted by atomic mass is 10.1. The van der Waals surface area contributed by atoms with Crippen LogP contribution >= 0.6 is 0 Å². The zero-order chi connectivity index (χ0) is 18.2. The third kappa shape index (κ3) is 6.48. The predicted octanol–water partition coefficient (Wildman–Crippen LogP) is 1.81. The Morgan fingerprint density at radius 3 is 2.36 bits per heavy atom. The van der Waals surface area contributed by atoms with Gasteiger partial charge < -0.3 is 15.3 Å². The first-order chi connectivity index (χ1) is 12.0. The second-order valence-corrected chi connectivity index (χ2v) is 6.83. The van der Waals surface area contributed by atoms with E-state index in [1.54, 1.807) is 0 Å². The summed E-state index contributed by atoms with van der Waals surface area (Å²) in [5.41, 5.74) is 1.77. The fourth-order valence-corrected chi connectivity index (χ4v) is 3.08. The maximum absolute atomic E-state index is 12.3. The zero-order valence-electron chi connectivity index (χ0n) is 15.2. The van der Waals surface area contributed by atoms with Crippen molar-refractivity contribution in [3.8, 4) is 0 Å². The molecule has 1 heterocycles. The summed E-state index contributed by atoms with van der Waals surface area (Å²) in [6.45, 7) is 7.17. The van der Waals surface area contributed by atoms with Gasteiger partial charge in [-0.05, 0) is 31.2 Å². The number of benzene rings is 1. The Morgan fingerprint density at radius 1 is 1.16 bits per heavy atom. The maximum Gasteiger partial charge on any atom is 0.305 e. The number of likely N-dealkylation sites (N-methyl/N-ethyl adjacent to an activating group) is 1. The van der Waals surface area contributed by atoms with Gasteiger partial charge in [0, 0.05) is 44.3 Å². The van der Waals surface area contributed by atoms with E-state index in [2.05, 4.69) is 22.2 Å². The van der Waals surface area contributed by atoms with E-state index in [4.69, 9.17) is 5.11 Å². The van der Waals surface area contributed by atoms with E-state index >= 15 is 0 Å². The first-order valence-corrected chi connectivity index (χ1v) is 9.00. The molecule has 6 heteroatoms. The van der Waals surface area contributed by atoms with Gasteiger partial charge in [-0.25, -0.2) is 0 Å². The average Bonchev–Trinajstić information content (AvgIpc) is 2.57. The van der Waals surface area contributed by atoms with Crippen LogP contribution in [-0.4, -0.2) is 66.1 Å². The summed E-state index contributed by atoms with van der Waals surface area (Å²) in [5.74, 6) is -1.09. The topological polar surface area (TPSA) is 72.9 Å². The molecule has 25 heavy (non-hydrogen) atoms. The second kappa shape index (κ2) is 9.53. The van der Waals surface area contributed by atoms with Gasteiger partial charge >= 0.3 is 5.97 Å². The normalized spacial score (nSPS) is 17.2. The molecule has 1 amide bonds. The number of piperazine rings is 1. The molecule has 1 fully saturated rings. The number of hydrogen-bond donors (Lipinski definition) is 2. The molecule has 1 aliphatic rings. The van der Waals surface area contributed by atoms with Gasteiger partial charge in [-0.2, -0.15) is 0 Å². The lowest BCUT2D eigenvalue weighted by Gasteiger charge is -2.32. The van der Waals surface area contributed by atoms with Crippen LogP contribution in [0.15, 0.2) is 24.3 Å². The second-order valence-electron chi connectivity index (χ2n) is 6.83. The van der Waals surface area contributed by atoms with Crippen LogP contribution in [0.1, 0.15) is 42.1 Å². The highest BCUT2D eigenvalue weighted by molar-refractivity contribution is 5.94. The molecule has 2 rings (SSSR count). The predicted molar refractivity (Wildman–Crippen MR) is 97.6 cm³/mol. The average molecular weight is 347 g/mol. The van der Waals surface area contributed by atoms with E-state index in [0.717, 1.165) is 39.1 Å². The van der Waals surface area contributed by atoms with Gasteiger partial charge in [0.05, 0.1) is 6.42 Å². The molecule has 0 aliphatic carbocycles. The molecule has 0 saturated carbocycles. The molecule has 0 radical (unpaired) electrons. The highest BCUT2D eigenvalue weighted by Crippen LogP contribution is 2.11. The summed E-state index contributed by atoms with van der Waals surface area (Å²) in [7, 11) is 2.14. The highest BCUT2D eigenvalue weighted by atomic mass is 16.4. The Balaban J connectivity index is 1.89. The molecular formula is C19H29N3O3. The molecule has 1 unspecified atom stereocenters. The van der Waals surface area contributed by atoms with Crippen molar-refractivity contribution in [1.82, 2.24) is 15.1 Å². The standard InChI is InChI=1S/C19H29N3O3/c1-3-4-17(13-18(23)24)20-19(25)16-7-5-15(6-8-16)14-22-11-9-21(2)10-12-22/h5-8,17H,3-4,9-14H2,1-2H3,(H,20,25)(H,23,24). The summed E-state index contributed by atoms with van der Waals surface area (Å²) in [6.07, 6.45) is 1.46. The van der Waals surface area contributed by atoms with E-state index < -0.39 is 5.97 Å². The van der Waals surface area contributed by atoms with Crippen LogP contribution < -0.4 is 5.32 Å². The lowest BCUT2D eigenvalue weighted by Crippen LogP contribution is -2.43. The maximum atomic E-state index is 12.3. The zero-order valence-corrected chi connectivity index (χ0v) is 15.2. The van der Waals surface area contributed by atoms with Crippen LogP contribution in [-0.2, 0) is 11.3 Å². The summed E-state index contributed by atoms with van der Waals surface area (Å²) in [6, 6.07) is 7.30. The summed E-state index contributed by atoms with van der Waals surface area (Å²) < 4.78 is 0. The smallest absolute Gasteiger partial charge is 0.305 e. The van der Waals surface area contributed by atoms with Gasteiger partial charge in [0.25, 0.3) is 5.91 Å². The van der Waals surface area contributed by atoms with Gasteiger partial charge in [0.15, 0.2) is 0 Å². The molecule has 1 aromatic carbocycles. The largest absolute Gasteiger partial charge is 0.481 e. The number of aliphatic carboxylic acids is 1. The lowest BCUT2D eigenvalue weighted by molar-refractivity contribution is -0.137. The molecular weight excluding hydrogens is 318 g/mol. The summed E-state index contributed by atoms with van der Waals surface area (Å²) in [4.78, 5) is 28.0. The van der Waals surface area contributed by atoms with Crippen LogP contribution in [0, 0.1) is 0 Å². The minimum Gasteiger partial charge on any atom is -0.481 e. The van der Waals surface area contributed by atoms with Crippen molar-refractivity contribution >= 4 is 11.9 Å². The van der Waals surface area contributed by atoms with Crippen LogP contribution in [0.3, 0.4) is 0 Å². The van der Waals surface area contributed by atoms with Crippen LogP contribution in [0.25, 0.3) is 0 Å². The Hall–Kier alpha value is -1.92. The molecule has 1 aliphatic heterocycles. The number of nitrogens with zero attached hydrogens (tertiary/aromatic N) is 2. The SMILES string of the molecule is CCCC(CC(=O)O)NC(=O)c1ccc(CN2CCN(C)CC2)cc1. The van der Waals surface area contributed by atoms with E-state index in [9.17, 15) is 9.59 Å². The number of hydrogen-bond acceptors (Lipinski definition) is 4. The Kier molecular flexibility index (Phi) is 7.40. The number of carboxylic acids is 1. The third-order valence-electron chi connectivity index (χ3n) is 4.61. The number of rotatable bonds is 8. The Bertz CT molecular complexity index is 566. The summed E-state index contributed by atoms with van der Waals surface area (Å²) in [5, 5.41) is 11.8. The number of nitrogens with one attached hydrogen (secondary N) is 1. The van der Waals surface area contributed by atoms with E-state index in [1.807, 2.05) is 31.2 Å². The van der Waals surface area contributed by atoms with Crippen molar-refractivity contribution in [1.29, 1.82) is 0 Å². The monoisotopic (exact) mass is 347 g/mol. The molecule has 0 bridgehead atoms. The number of carbonyl (C=O) groups is 2. The summed E-state index contributed by atoms with van der Waals surface area (Å²) >= 11 is 0. The van der Waals surface area contributed by atoms with Gasteiger partial charge in [-0.1, -0.05) is 25.5 Å². The van der Waals surface area contributed by atoms with Crippen molar-refractivity contribution in [3.63, 3.8) is 0 Å². The van der Waals surface area contributed by atoms with E-state index in [0.29, 0.717) is 12.0 Å².